The maximum absolute atomic E-state index is 12.4. The van der Waals surface area contributed by atoms with Crippen molar-refractivity contribution in [2.24, 2.45) is 5.92 Å². The fraction of sp³-hybridized carbons (Fsp3) is 0.529. The van der Waals surface area contributed by atoms with Gasteiger partial charge in [0.15, 0.2) is 0 Å². The minimum atomic E-state index is 0.0273. The van der Waals surface area contributed by atoms with Crippen molar-refractivity contribution in [1.29, 1.82) is 0 Å². The second-order valence-electron chi connectivity index (χ2n) is 6.32. The predicted octanol–water partition coefficient (Wildman–Crippen LogP) is 1.62. The van der Waals surface area contributed by atoms with Gasteiger partial charge in [0.2, 0.25) is 5.91 Å². The van der Waals surface area contributed by atoms with Gasteiger partial charge in [-0.25, -0.2) is 0 Å². The topological polar surface area (TPSA) is 52.7 Å². The highest BCUT2D eigenvalue weighted by Gasteiger charge is 2.25. The van der Waals surface area contributed by atoms with Crippen LogP contribution in [-0.4, -0.2) is 60.9 Å². The van der Waals surface area contributed by atoms with Gasteiger partial charge in [0, 0.05) is 43.3 Å². The molecule has 5 nitrogen and oxygen atoms in total. The van der Waals surface area contributed by atoms with Gasteiger partial charge in [-0.1, -0.05) is 11.6 Å². The summed E-state index contributed by atoms with van der Waals surface area (Å²) in [4.78, 5) is 28.2. The fourth-order valence-corrected chi connectivity index (χ4v) is 2.85. The molecule has 0 atom stereocenters. The zero-order valence-corrected chi connectivity index (χ0v) is 13.9. The van der Waals surface area contributed by atoms with Crippen molar-refractivity contribution in [2.75, 3.05) is 39.3 Å². The van der Waals surface area contributed by atoms with E-state index in [1.54, 1.807) is 24.3 Å². The smallest absolute Gasteiger partial charge is 0.253 e. The molecule has 3 rings (SSSR count). The van der Waals surface area contributed by atoms with Gasteiger partial charge in [-0.05, 0) is 43.0 Å². The highest BCUT2D eigenvalue weighted by Crippen LogP contribution is 2.27. The third-order valence-corrected chi connectivity index (χ3v) is 4.65. The maximum atomic E-state index is 12.4. The van der Waals surface area contributed by atoms with Crippen LogP contribution in [0.2, 0.25) is 5.02 Å². The lowest BCUT2D eigenvalue weighted by Gasteiger charge is -2.34. The number of piperazine rings is 1. The normalized spacial score (nSPS) is 18.7. The lowest BCUT2D eigenvalue weighted by Crippen LogP contribution is -2.51. The van der Waals surface area contributed by atoms with Crippen LogP contribution >= 0.6 is 11.6 Å². The van der Waals surface area contributed by atoms with Crippen LogP contribution in [0, 0.1) is 5.92 Å². The summed E-state index contributed by atoms with van der Waals surface area (Å²) in [5.74, 6) is 0.821. The predicted molar refractivity (Wildman–Crippen MR) is 89.5 cm³/mol. The molecule has 0 aromatic heterocycles. The standard InChI is InChI=1S/C17H22ClN3O2/c18-15-5-3-14(4-6-15)17(23)21-9-7-20(8-10-21)12-16(22)19-11-13-1-2-13/h3-6,13H,1-2,7-12H2,(H,19,22). The Morgan fingerprint density at radius 1 is 1.09 bits per heavy atom. The summed E-state index contributed by atoms with van der Waals surface area (Å²) in [7, 11) is 0. The van der Waals surface area contributed by atoms with E-state index in [4.69, 9.17) is 11.6 Å². The number of hydrogen-bond donors (Lipinski definition) is 1. The average molecular weight is 336 g/mol. The molecule has 2 amide bonds. The summed E-state index contributed by atoms with van der Waals surface area (Å²) >= 11 is 5.85. The summed E-state index contributed by atoms with van der Waals surface area (Å²) in [5.41, 5.74) is 0.657. The molecule has 1 aromatic rings. The molecular formula is C17H22ClN3O2. The quantitative estimate of drug-likeness (QED) is 0.889. The first-order chi connectivity index (χ1) is 11.1. The lowest BCUT2D eigenvalue weighted by atomic mass is 10.2. The average Bonchev–Trinajstić information content (AvgIpc) is 3.38. The molecule has 1 saturated carbocycles. The van der Waals surface area contributed by atoms with E-state index in [0.29, 0.717) is 36.1 Å². The largest absolute Gasteiger partial charge is 0.355 e. The van der Waals surface area contributed by atoms with Crippen molar-refractivity contribution >= 4 is 23.4 Å². The van der Waals surface area contributed by atoms with E-state index in [-0.39, 0.29) is 11.8 Å². The molecule has 1 saturated heterocycles. The van der Waals surface area contributed by atoms with Crippen LogP contribution in [0.15, 0.2) is 24.3 Å². The molecule has 23 heavy (non-hydrogen) atoms. The Morgan fingerprint density at radius 3 is 2.35 bits per heavy atom. The number of amides is 2. The van der Waals surface area contributed by atoms with Gasteiger partial charge in [-0.15, -0.1) is 0 Å². The lowest BCUT2D eigenvalue weighted by molar-refractivity contribution is -0.122. The number of carbonyl (C=O) groups is 2. The van der Waals surface area contributed by atoms with Gasteiger partial charge in [0.25, 0.3) is 5.91 Å². The minimum Gasteiger partial charge on any atom is -0.355 e. The third-order valence-electron chi connectivity index (χ3n) is 4.40. The second-order valence-corrected chi connectivity index (χ2v) is 6.76. The Morgan fingerprint density at radius 2 is 1.74 bits per heavy atom. The van der Waals surface area contributed by atoms with Crippen LogP contribution in [0.1, 0.15) is 23.2 Å². The molecule has 0 radical (unpaired) electrons. The Bertz CT molecular complexity index is 564. The van der Waals surface area contributed by atoms with E-state index < -0.39 is 0 Å². The van der Waals surface area contributed by atoms with E-state index in [2.05, 4.69) is 10.2 Å². The molecule has 1 heterocycles. The number of carbonyl (C=O) groups excluding carboxylic acids is 2. The van der Waals surface area contributed by atoms with Crippen LogP contribution in [0.5, 0.6) is 0 Å². The number of hydrogen-bond acceptors (Lipinski definition) is 3. The molecular weight excluding hydrogens is 314 g/mol. The van der Waals surface area contributed by atoms with Gasteiger partial charge < -0.3 is 10.2 Å². The fourth-order valence-electron chi connectivity index (χ4n) is 2.72. The van der Waals surface area contributed by atoms with Crippen molar-refractivity contribution in [3.63, 3.8) is 0 Å². The number of benzene rings is 1. The number of nitrogens with zero attached hydrogens (tertiary/aromatic N) is 2. The summed E-state index contributed by atoms with van der Waals surface area (Å²) in [6.45, 7) is 4.00. The van der Waals surface area contributed by atoms with Crippen LogP contribution in [0.25, 0.3) is 0 Å². The van der Waals surface area contributed by atoms with Crippen molar-refractivity contribution < 1.29 is 9.59 Å². The van der Waals surface area contributed by atoms with Gasteiger partial charge >= 0.3 is 0 Å². The summed E-state index contributed by atoms with van der Waals surface area (Å²) in [6, 6.07) is 6.97. The summed E-state index contributed by atoms with van der Waals surface area (Å²) in [5, 5.41) is 3.61. The molecule has 0 spiro atoms. The Kier molecular flexibility index (Phi) is 5.18. The van der Waals surface area contributed by atoms with E-state index in [1.807, 2.05) is 4.90 Å². The maximum Gasteiger partial charge on any atom is 0.253 e. The first kappa shape index (κ1) is 16.3. The molecule has 6 heteroatoms. The third kappa shape index (κ3) is 4.69. The molecule has 0 unspecified atom stereocenters. The number of halogens is 1. The second kappa shape index (κ2) is 7.32. The molecule has 0 bridgehead atoms. The van der Waals surface area contributed by atoms with Crippen molar-refractivity contribution in [3.05, 3.63) is 34.9 Å². The van der Waals surface area contributed by atoms with Gasteiger partial charge in [0.1, 0.15) is 0 Å². The molecule has 1 aliphatic heterocycles. The summed E-state index contributed by atoms with van der Waals surface area (Å²) < 4.78 is 0. The van der Waals surface area contributed by atoms with Crippen molar-refractivity contribution in [3.8, 4) is 0 Å². The number of nitrogens with one attached hydrogen (secondary N) is 1. The highest BCUT2D eigenvalue weighted by molar-refractivity contribution is 6.30. The summed E-state index contributed by atoms with van der Waals surface area (Å²) in [6.07, 6.45) is 2.48. The molecule has 124 valence electrons. The minimum absolute atomic E-state index is 0.0273. The van der Waals surface area contributed by atoms with Crippen LogP contribution in [0.4, 0.5) is 0 Å². The van der Waals surface area contributed by atoms with Crippen molar-refractivity contribution in [2.45, 2.75) is 12.8 Å². The van der Waals surface area contributed by atoms with Gasteiger partial charge in [-0.2, -0.15) is 0 Å². The van der Waals surface area contributed by atoms with Crippen molar-refractivity contribution in [1.82, 2.24) is 15.1 Å². The van der Waals surface area contributed by atoms with Gasteiger partial charge in [0.05, 0.1) is 6.54 Å². The molecule has 2 aliphatic rings. The molecule has 1 N–H and O–H groups in total. The van der Waals surface area contributed by atoms with Crippen LogP contribution < -0.4 is 5.32 Å². The van der Waals surface area contributed by atoms with Crippen LogP contribution in [0.3, 0.4) is 0 Å². The first-order valence-electron chi connectivity index (χ1n) is 8.16. The van der Waals surface area contributed by atoms with E-state index in [9.17, 15) is 9.59 Å². The monoisotopic (exact) mass is 335 g/mol. The van der Waals surface area contributed by atoms with E-state index in [1.165, 1.54) is 12.8 Å². The Hall–Kier alpha value is -1.59. The van der Waals surface area contributed by atoms with Gasteiger partial charge in [-0.3, -0.25) is 14.5 Å². The van der Waals surface area contributed by atoms with E-state index in [0.717, 1.165) is 19.6 Å². The Labute approximate surface area is 141 Å². The Balaban J connectivity index is 1.43. The molecule has 2 fully saturated rings. The molecule has 1 aliphatic carbocycles. The first-order valence-corrected chi connectivity index (χ1v) is 8.53. The highest BCUT2D eigenvalue weighted by atomic mass is 35.5. The zero-order valence-electron chi connectivity index (χ0n) is 13.1. The number of rotatable bonds is 5. The van der Waals surface area contributed by atoms with E-state index >= 15 is 0 Å². The SMILES string of the molecule is O=C(CN1CCN(C(=O)c2ccc(Cl)cc2)CC1)NCC1CC1. The zero-order chi connectivity index (χ0) is 16.2. The molecule has 1 aromatic carbocycles. The van der Waals surface area contributed by atoms with Crippen LogP contribution in [-0.2, 0) is 4.79 Å².